The molecule has 0 aliphatic heterocycles. The zero-order valence-corrected chi connectivity index (χ0v) is 31.7. The zero-order valence-electron chi connectivity index (χ0n) is 30.8. The Morgan fingerprint density at radius 1 is 0.421 bits per heavy atom. The van der Waals surface area contributed by atoms with Crippen molar-refractivity contribution in [1.82, 2.24) is 4.98 Å². The summed E-state index contributed by atoms with van der Waals surface area (Å²) in [4.78, 5) is 7.71. The molecule has 0 aliphatic carbocycles. The van der Waals surface area contributed by atoms with Crippen LogP contribution in [0.25, 0.3) is 86.9 Å². The van der Waals surface area contributed by atoms with E-state index in [9.17, 15) is 0 Å². The van der Waals surface area contributed by atoms with E-state index in [1.165, 1.54) is 37.5 Å². The average molecular weight is 747 g/mol. The Bertz CT molecular complexity index is 3220. The van der Waals surface area contributed by atoms with Crippen molar-refractivity contribution in [1.29, 1.82) is 0 Å². The van der Waals surface area contributed by atoms with Gasteiger partial charge >= 0.3 is 0 Å². The minimum Gasteiger partial charge on any atom is -0.436 e. The van der Waals surface area contributed by atoms with E-state index in [1.807, 2.05) is 18.2 Å². The zero-order chi connectivity index (χ0) is 37.7. The molecular weight excluding hydrogens is 713 g/mol. The molecule has 268 valence electrons. The Hall–Kier alpha value is -7.27. The van der Waals surface area contributed by atoms with Crippen molar-refractivity contribution >= 4 is 70.4 Å². The minimum absolute atomic E-state index is 0.601. The molecule has 0 aliphatic rings. The van der Waals surface area contributed by atoms with Crippen LogP contribution in [0, 0.1) is 0 Å². The molecule has 0 fully saturated rings. The summed E-state index contributed by atoms with van der Waals surface area (Å²) in [5.41, 5.74) is 12.6. The fourth-order valence-electron chi connectivity index (χ4n) is 8.20. The average Bonchev–Trinajstić information content (AvgIpc) is 3.89. The van der Waals surface area contributed by atoms with E-state index in [0.29, 0.717) is 5.89 Å². The number of benzene rings is 9. The SMILES string of the molecule is c1ccc(-c2ccc(N(c3ccc(-c4cccc5ccccc45)c(-c4ccccc4)c3)c3c4nc(-c5ccccc5)oc4cc4c3sc3ccccc34)cc2)cc1. The van der Waals surface area contributed by atoms with Crippen LogP contribution in [0.4, 0.5) is 17.1 Å². The lowest BCUT2D eigenvalue weighted by atomic mass is 9.90. The molecule has 0 bridgehead atoms. The number of oxazole rings is 1. The monoisotopic (exact) mass is 746 g/mol. The van der Waals surface area contributed by atoms with Crippen LogP contribution in [0.1, 0.15) is 0 Å². The van der Waals surface area contributed by atoms with Crippen LogP contribution >= 0.6 is 11.3 Å². The molecule has 4 heteroatoms. The van der Waals surface area contributed by atoms with Crippen molar-refractivity contribution in [2.24, 2.45) is 0 Å². The maximum Gasteiger partial charge on any atom is 0.227 e. The quantitative estimate of drug-likeness (QED) is 0.163. The summed E-state index contributed by atoms with van der Waals surface area (Å²) in [6.45, 7) is 0. The third kappa shape index (κ3) is 5.78. The highest BCUT2D eigenvalue weighted by atomic mass is 32.1. The van der Waals surface area contributed by atoms with Gasteiger partial charge in [-0.15, -0.1) is 11.3 Å². The van der Waals surface area contributed by atoms with E-state index in [2.05, 4.69) is 193 Å². The Kier molecular flexibility index (Phi) is 8.01. The number of hydrogen-bond acceptors (Lipinski definition) is 4. The maximum absolute atomic E-state index is 6.70. The first-order valence-corrected chi connectivity index (χ1v) is 20.0. The van der Waals surface area contributed by atoms with Gasteiger partial charge in [0.25, 0.3) is 0 Å². The summed E-state index contributed by atoms with van der Waals surface area (Å²) in [5, 5.41) is 4.80. The van der Waals surface area contributed by atoms with Crippen LogP contribution in [0.2, 0.25) is 0 Å². The summed E-state index contributed by atoms with van der Waals surface area (Å²) < 4.78 is 9.08. The Morgan fingerprint density at radius 2 is 1.04 bits per heavy atom. The largest absolute Gasteiger partial charge is 0.436 e. The molecule has 0 unspecified atom stereocenters. The molecule has 2 heterocycles. The highest BCUT2D eigenvalue weighted by molar-refractivity contribution is 7.26. The Labute approximate surface area is 334 Å². The summed E-state index contributed by atoms with van der Waals surface area (Å²) >= 11 is 1.80. The van der Waals surface area contributed by atoms with Crippen molar-refractivity contribution in [3.63, 3.8) is 0 Å². The van der Waals surface area contributed by atoms with Crippen LogP contribution < -0.4 is 4.90 Å². The lowest BCUT2D eigenvalue weighted by Crippen LogP contribution is -2.11. The molecule has 9 aromatic carbocycles. The third-order valence-electron chi connectivity index (χ3n) is 10.9. The van der Waals surface area contributed by atoms with Gasteiger partial charge in [0, 0.05) is 32.4 Å². The van der Waals surface area contributed by atoms with E-state index in [4.69, 9.17) is 9.40 Å². The van der Waals surface area contributed by atoms with Gasteiger partial charge in [-0.3, -0.25) is 0 Å². The van der Waals surface area contributed by atoms with Gasteiger partial charge in [-0.05, 0) is 92.7 Å². The number of aromatic nitrogens is 1. The van der Waals surface area contributed by atoms with Crippen molar-refractivity contribution in [2.45, 2.75) is 0 Å². The first-order chi connectivity index (χ1) is 28.3. The number of rotatable bonds is 7. The number of fused-ring (bicyclic) bond motifs is 5. The van der Waals surface area contributed by atoms with Gasteiger partial charge in [0.05, 0.1) is 10.4 Å². The second-order valence-corrected chi connectivity index (χ2v) is 15.4. The number of anilines is 3. The van der Waals surface area contributed by atoms with E-state index < -0.39 is 0 Å². The van der Waals surface area contributed by atoms with E-state index in [1.54, 1.807) is 11.3 Å². The third-order valence-corrected chi connectivity index (χ3v) is 12.1. The normalized spacial score (nSPS) is 11.5. The predicted molar refractivity (Wildman–Crippen MR) is 241 cm³/mol. The molecule has 0 atom stereocenters. The molecule has 0 saturated heterocycles. The molecule has 11 rings (SSSR count). The molecule has 57 heavy (non-hydrogen) atoms. The summed E-state index contributed by atoms with van der Waals surface area (Å²) in [6, 6.07) is 73.4. The second kappa shape index (κ2) is 13.8. The van der Waals surface area contributed by atoms with E-state index in [0.717, 1.165) is 60.5 Å². The predicted octanol–water partition coefficient (Wildman–Crippen LogP) is 15.5. The molecule has 11 aromatic rings. The lowest BCUT2D eigenvalue weighted by Gasteiger charge is -2.28. The summed E-state index contributed by atoms with van der Waals surface area (Å²) in [6.07, 6.45) is 0. The van der Waals surface area contributed by atoms with Crippen molar-refractivity contribution in [3.8, 4) is 44.8 Å². The number of nitrogens with zero attached hydrogens (tertiary/aromatic N) is 2. The van der Waals surface area contributed by atoms with Crippen LogP contribution in [0.5, 0.6) is 0 Å². The maximum atomic E-state index is 6.70. The van der Waals surface area contributed by atoms with E-state index >= 15 is 0 Å². The molecule has 2 aromatic heterocycles. The fraction of sp³-hybridized carbons (Fsp3) is 0. The first kappa shape index (κ1) is 33.1. The smallest absolute Gasteiger partial charge is 0.227 e. The van der Waals surface area contributed by atoms with Gasteiger partial charge in [-0.1, -0.05) is 158 Å². The van der Waals surface area contributed by atoms with Gasteiger partial charge in [0.15, 0.2) is 5.58 Å². The topological polar surface area (TPSA) is 29.3 Å². The highest BCUT2D eigenvalue weighted by Gasteiger charge is 2.26. The lowest BCUT2D eigenvalue weighted by molar-refractivity contribution is 0.620. The highest BCUT2D eigenvalue weighted by Crippen LogP contribution is 2.50. The van der Waals surface area contributed by atoms with Crippen molar-refractivity contribution in [2.75, 3.05) is 4.90 Å². The second-order valence-electron chi connectivity index (χ2n) is 14.3. The standard InChI is InChI=1S/C53H34N2OS/c1-4-15-35(16-5-1)36-27-29-40(30-28-36)55(41-31-32-44(46(33-41)38-17-6-2-7-18-38)43-25-14-22-37-19-10-11-23-42(37)43)51-50-48(56-53(54-50)39-20-8-3-9-21-39)34-47-45-24-12-13-26-49(45)57-52(47)51/h1-34H. The van der Waals surface area contributed by atoms with Crippen LogP contribution in [-0.2, 0) is 0 Å². The van der Waals surface area contributed by atoms with Gasteiger partial charge < -0.3 is 9.32 Å². The Morgan fingerprint density at radius 3 is 1.81 bits per heavy atom. The van der Waals surface area contributed by atoms with Crippen LogP contribution in [0.3, 0.4) is 0 Å². The molecule has 0 amide bonds. The van der Waals surface area contributed by atoms with Crippen LogP contribution in [0.15, 0.2) is 211 Å². The van der Waals surface area contributed by atoms with E-state index in [-0.39, 0.29) is 0 Å². The molecule has 0 spiro atoms. The summed E-state index contributed by atoms with van der Waals surface area (Å²) in [5.74, 6) is 0.601. The molecule has 0 saturated carbocycles. The fourth-order valence-corrected chi connectivity index (χ4v) is 9.42. The molecular formula is C53H34N2OS. The minimum atomic E-state index is 0.601. The van der Waals surface area contributed by atoms with Gasteiger partial charge in [-0.25, -0.2) is 4.98 Å². The Balaban J connectivity index is 1.22. The van der Waals surface area contributed by atoms with Gasteiger partial charge in [0.2, 0.25) is 5.89 Å². The van der Waals surface area contributed by atoms with Gasteiger partial charge in [-0.2, -0.15) is 0 Å². The number of hydrogen-bond donors (Lipinski definition) is 0. The molecule has 3 nitrogen and oxygen atoms in total. The molecule has 0 N–H and O–H groups in total. The van der Waals surface area contributed by atoms with Crippen molar-refractivity contribution in [3.05, 3.63) is 206 Å². The first-order valence-electron chi connectivity index (χ1n) is 19.2. The number of thiophene rings is 1. The van der Waals surface area contributed by atoms with Crippen molar-refractivity contribution < 1.29 is 4.42 Å². The molecule has 0 radical (unpaired) electrons. The van der Waals surface area contributed by atoms with Gasteiger partial charge in [0.1, 0.15) is 5.52 Å². The summed E-state index contributed by atoms with van der Waals surface area (Å²) in [7, 11) is 0. The van der Waals surface area contributed by atoms with Crippen LogP contribution in [-0.4, -0.2) is 4.98 Å².